The first-order valence-corrected chi connectivity index (χ1v) is 9.40. The van der Waals surface area contributed by atoms with E-state index in [2.05, 4.69) is 19.9 Å². The van der Waals surface area contributed by atoms with E-state index in [1.807, 2.05) is 18.2 Å². The van der Waals surface area contributed by atoms with Gasteiger partial charge in [-0.15, -0.1) is 0 Å². The van der Waals surface area contributed by atoms with E-state index < -0.39 is 0 Å². The predicted molar refractivity (Wildman–Crippen MR) is 103 cm³/mol. The minimum absolute atomic E-state index is 0.354. The minimum atomic E-state index is 0.354. The molecule has 0 radical (unpaired) electrons. The molecule has 0 aliphatic carbocycles. The summed E-state index contributed by atoms with van der Waals surface area (Å²) in [6.45, 7) is 2.81. The van der Waals surface area contributed by atoms with Gasteiger partial charge in [0.1, 0.15) is 11.0 Å². The number of aromatic nitrogens is 3. The number of benzene rings is 1. The van der Waals surface area contributed by atoms with Gasteiger partial charge in [-0.25, -0.2) is 9.97 Å². The van der Waals surface area contributed by atoms with E-state index >= 15 is 0 Å². The average molecular weight is 396 g/mol. The Morgan fingerprint density at radius 2 is 2.00 bits per heavy atom. The Bertz CT molecular complexity index is 908. The number of hydrogen-bond donors (Lipinski definition) is 1. The van der Waals surface area contributed by atoms with Gasteiger partial charge in [0.2, 0.25) is 0 Å². The van der Waals surface area contributed by atoms with Crippen LogP contribution in [0.5, 0.6) is 0 Å². The lowest BCUT2D eigenvalue weighted by atomic mass is 9.97. The Morgan fingerprint density at radius 3 is 2.84 bits per heavy atom. The Labute approximate surface area is 161 Å². The summed E-state index contributed by atoms with van der Waals surface area (Å²) in [5, 5.41) is 1.85. The van der Waals surface area contributed by atoms with Gasteiger partial charge >= 0.3 is 0 Å². The number of aromatic amines is 1. The summed E-state index contributed by atoms with van der Waals surface area (Å²) in [6, 6.07) is 9.39. The number of H-pyrrole nitrogens is 1. The summed E-state index contributed by atoms with van der Waals surface area (Å²) in [5.41, 5.74) is 2.71. The lowest BCUT2D eigenvalue weighted by Gasteiger charge is -2.32. The molecule has 1 saturated heterocycles. The molecule has 0 unspecified atom stereocenters. The first-order chi connectivity index (χ1) is 12.1. The first-order valence-electron chi connectivity index (χ1n) is 8.27. The summed E-state index contributed by atoms with van der Waals surface area (Å²) in [5.74, 6) is 1.34. The minimum Gasteiger partial charge on any atom is -0.340 e. The van der Waals surface area contributed by atoms with Crippen molar-refractivity contribution >= 4 is 46.0 Å². The number of halogens is 3. The molecule has 0 saturated carbocycles. The number of pyridine rings is 1. The van der Waals surface area contributed by atoms with Gasteiger partial charge in [0.25, 0.3) is 0 Å². The molecule has 1 aliphatic heterocycles. The zero-order chi connectivity index (χ0) is 17.4. The fourth-order valence-corrected chi connectivity index (χ4v) is 4.01. The third kappa shape index (κ3) is 3.77. The van der Waals surface area contributed by atoms with Crippen LogP contribution in [0.2, 0.25) is 15.2 Å². The van der Waals surface area contributed by atoms with E-state index in [0.29, 0.717) is 21.7 Å². The van der Waals surface area contributed by atoms with Crippen LogP contribution in [0.1, 0.15) is 30.1 Å². The summed E-state index contributed by atoms with van der Waals surface area (Å²) >= 11 is 18.3. The molecule has 3 heterocycles. The van der Waals surface area contributed by atoms with Gasteiger partial charge in [-0.2, -0.15) is 0 Å². The van der Waals surface area contributed by atoms with Gasteiger partial charge in [-0.3, -0.25) is 4.90 Å². The van der Waals surface area contributed by atoms with E-state index in [1.165, 1.54) is 0 Å². The van der Waals surface area contributed by atoms with E-state index in [1.54, 1.807) is 12.1 Å². The van der Waals surface area contributed by atoms with Crippen molar-refractivity contribution in [3.63, 3.8) is 0 Å². The van der Waals surface area contributed by atoms with Crippen LogP contribution in [0.4, 0.5) is 0 Å². The summed E-state index contributed by atoms with van der Waals surface area (Å²) in [6.07, 6.45) is 2.24. The van der Waals surface area contributed by atoms with E-state index in [4.69, 9.17) is 34.8 Å². The maximum atomic E-state index is 6.32. The van der Waals surface area contributed by atoms with Crippen LogP contribution in [0.15, 0.2) is 30.3 Å². The van der Waals surface area contributed by atoms with Crippen LogP contribution in [0.3, 0.4) is 0 Å². The van der Waals surface area contributed by atoms with Crippen LogP contribution >= 0.6 is 34.8 Å². The van der Waals surface area contributed by atoms with Crippen molar-refractivity contribution in [2.45, 2.75) is 25.3 Å². The van der Waals surface area contributed by atoms with Gasteiger partial charge in [-0.1, -0.05) is 40.9 Å². The molecule has 1 aromatic carbocycles. The molecule has 3 aromatic rings. The van der Waals surface area contributed by atoms with Gasteiger partial charge in [0.05, 0.1) is 5.52 Å². The maximum Gasteiger partial charge on any atom is 0.179 e. The number of hydrogen-bond acceptors (Lipinski definition) is 3. The van der Waals surface area contributed by atoms with Crippen molar-refractivity contribution < 1.29 is 0 Å². The molecular formula is C18H17Cl3N4. The molecule has 7 heteroatoms. The lowest BCUT2D eigenvalue weighted by molar-refractivity contribution is 0.197. The first kappa shape index (κ1) is 17.1. The third-order valence-corrected chi connectivity index (χ3v) is 5.43. The van der Waals surface area contributed by atoms with Crippen molar-refractivity contribution in [2.75, 3.05) is 13.1 Å². The molecule has 25 heavy (non-hydrogen) atoms. The van der Waals surface area contributed by atoms with Crippen LogP contribution in [-0.2, 0) is 6.54 Å². The van der Waals surface area contributed by atoms with Crippen LogP contribution in [0.25, 0.3) is 11.2 Å². The topological polar surface area (TPSA) is 44.8 Å². The van der Waals surface area contributed by atoms with Gasteiger partial charge in [0, 0.05) is 29.1 Å². The van der Waals surface area contributed by atoms with Crippen molar-refractivity contribution in [1.29, 1.82) is 0 Å². The number of nitrogens with zero attached hydrogens (tertiary/aromatic N) is 3. The van der Waals surface area contributed by atoms with Crippen molar-refractivity contribution in [3.8, 4) is 0 Å². The smallest absolute Gasteiger partial charge is 0.179 e. The molecule has 1 atom stereocenters. The standard InChI is InChI=1S/C18H17Cl3N4/c19-13-4-3-11(14(20)8-13)9-25-7-1-2-12(10-25)17-22-15-5-6-16(21)23-18(15)24-17/h3-6,8,12H,1-2,7,9-10H2,(H,22,23,24)/t12-/m0/s1. The monoisotopic (exact) mass is 394 g/mol. The molecule has 2 aromatic heterocycles. The SMILES string of the molecule is Clc1ccc(CN2CCC[C@H](c3nc4nc(Cl)ccc4[nH]3)C2)c(Cl)c1. The fraction of sp³-hybridized carbons (Fsp3) is 0.333. The lowest BCUT2D eigenvalue weighted by Crippen LogP contribution is -2.34. The van der Waals surface area contributed by atoms with Crippen LogP contribution in [0, 0.1) is 0 Å². The molecule has 4 rings (SSSR count). The van der Waals surface area contributed by atoms with E-state index in [0.717, 1.165) is 54.4 Å². The predicted octanol–water partition coefficient (Wildman–Crippen LogP) is 5.30. The number of rotatable bonds is 3. The number of likely N-dealkylation sites (tertiary alicyclic amines) is 1. The van der Waals surface area contributed by atoms with E-state index in [-0.39, 0.29) is 0 Å². The zero-order valence-electron chi connectivity index (χ0n) is 13.5. The summed E-state index contributed by atoms with van der Waals surface area (Å²) in [4.78, 5) is 14.7. The maximum absolute atomic E-state index is 6.32. The highest BCUT2D eigenvalue weighted by Crippen LogP contribution is 2.29. The number of imidazole rings is 1. The molecule has 130 valence electrons. The zero-order valence-corrected chi connectivity index (χ0v) is 15.7. The molecule has 0 spiro atoms. The molecular weight excluding hydrogens is 379 g/mol. The second-order valence-corrected chi connectivity index (χ2v) is 7.67. The Kier molecular flexibility index (Phi) is 4.87. The molecule has 4 nitrogen and oxygen atoms in total. The quantitative estimate of drug-likeness (QED) is 0.612. The van der Waals surface area contributed by atoms with Crippen molar-refractivity contribution in [3.05, 3.63) is 56.9 Å². The Hall–Kier alpha value is -1.33. The normalized spacial score (nSPS) is 18.8. The van der Waals surface area contributed by atoms with Gasteiger partial charge in [-0.05, 0) is 49.2 Å². The number of piperidine rings is 1. The molecule has 1 aliphatic rings. The van der Waals surface area contributed by atoms with E-state index in [9.17, 15) is 0 Å². The second kappa shape index (κ2) is 7.12. The number of fused-ring (bicyclic) bond motifs is 1. The summed E-state index contributed by atoms with van der Waals surface area (Å²) in [7, 11) is 0. The second-order valence-electron chi connectivity index (χ2n) is 6.44. The fourth-order valence-electron chi connectivity index (χ4n) is 3.39. The van der Waals surface area contributed by atoms with Gasteiger partial charge < -0.3 is 4.98 Å². The Balaban J connectivity index is 1.51. The third-order valence-electron chi connectivity index (χ3n) is 4.63. The molecule has 1 fully saturated rings. The van der Waals surface area contributed by atoms with Crippen LogP contribution < -0.4 is 0 Å². The largest absolute Gasteiger partial charge is 0.340 e. The van der Waals surface area contributed by atoms with Crippen LogP contribution in [-0.4, -0.2) is 32.9 Å². The van der Waals surface area contributed by atoms with Crippen molar-refractivity contribution in [2.24, 2.45) is 0 Å². The summed E-state index contributed by atoms with van der Waals surface area (Å²) < 4.78 is 0. The van der Waals surface area contributed by atoms with Gasteiger partial charge in [0.15, 0.2) is 5.65 Å². The molecule has 1 N–H and O–H groups in total. The Morgan fingerprint density at radius 1 is 1.12 bits per heavy atom. The molecule has 0 bridgehead atoms. The molecule has 0 amide bonds. The average Bonchev–Trinajstić information content (AvgIpc) is 3.01. The van der Waals surface area contributed by atoms with Crippen molar-refractivity contribution in [1.82, 2.24) is 19.9 Å². The number of nitrogens with one attached hydrogen (secondary N) is 1. The highest BCUT2D eigenvalue weighted by atomic mass is 35.5. The highest BCUT2D eigenvalue weighted by Gasteiger charge is 2.24. The highest BCUT2D eigenvalue weighted by molar-refractivity contribution is 6.35.